The molecule has 1 aromatic rings. The molecule has 0 aromatic heterocycles. The van der Waals surface area contributed by atoms with Crippen LogP contribution in [-0.4, -0.2) is 20.2 Å². The van der Waals surface area contributed by atoms with Gasteiger partial charge in [-0.3, -0.25) is 0 Å². The van der Waals surface area contributed by atoms with E-state index in [0.717, 1.165) is 30.6 Å². The summed E-state index contributed by atoms with van der Waals surface area (Å²) in [6, 6.07) is 7.95. The standard InChI is InChI=1S/C17H22O3/c1-4-5-8-14(9-7-12-17(18)20-3)15-10-6-11-16(13-15)19-2/h6-7,9-13H,4-5,8H2,1-3H3/b12-7+,14-9+. The molecule has 0 radical (unpaired) electrons. The molecule has 3 nitrogen and oxygen atoms in total. The Morgan fingerprint density at radius 1 is 1.30 bits per heavy atom. The Balaban J connectivity index is 2.95. The predicted molar refractivity (Wildman–Crippen MR) is 81.7 cm³/mol. The molecule has 0 aliphatic rings. The van der Waals surface area contributed by atoms with Gasteiger partial charge in [-0.15, -0.1) is 0 Å². The molecule has 1 rings (SSSR count). The topological polar surface area (TPSA) is 35.5 Å². The predicted octanol–water partition coefficient (Wildman–Crippen LogP) is 4.00. The molecular weight excluding hydrogens is 252 g/mol. The van der Waals surface area contributed by atoms with Crippen LogP contribution < -0.4 is 4.74 Å². The van der Waals surface area contributed by atoms with Crippen LogP contribution in [0.5, 0.6) is 5.75 Å². The maximum atomic E-state index is 11.1. The van der Waals surface area contributed by atoms with E-state index in [9.17, 15) is 4.79 Å². The number of ether oxygens (including phenoxy) is 2. The molecule has 108 valence electrons. The van der Waals surface area contributed by atoms with Crippen molar-refractivity contribution in [3.8, 4) is 5.75 Å². The Labute approximate surface area is 120 Å². The quantitative estimate of drug-likeness (QED) is 0.428. The minimum absolute atomic E-state index is 0.346. The summed E-state index contributed by atoms with van der Waals surface area (Å²) < 4.78 is 9.83. The molecular formula is C17H22O3. The second kappa shape index (κ2) is 8.97. The number of methoxy groups -OCH3 is 2. The van der Waals surface area contributed by atoms with Gasteiger partial charge in [0.15, 0.2) is 0 Å². The number of esters is 1. The summed E-state index contributed by atoms with van der Waals surface area (Å²) >= 11 is 0. The minimum atomic E-state index is -0.346. The zero-order valence-electron chi connectivity index (χ0n) is 12.4. The third-order valence-electron chi connectivity index (χ3n) is 2.97. The van der Waals surface area contributed by atoms with Crippen LogP contribution in [0.1, 0.15) is 31.7 Å². The summed E-state index contributed by atoms with van der Waals surface area (Å²) in [5.41, 5.74) is 2.30. The fourth-order valence-corrected chi connectivity index (χ4v) is 1.82. The Hall–Kier alpha value is -2.03. The van der Waals surface area contributed by atoms with Crippen LogP contribution in [0.25, 0.3) is 5.57 Å². The summed E-state index contributed by atoms with van der Waals surface area (Å²) in [6.07, 6.45) is 8.32. The number of allylic oxidation sites excluding steroid dienone is 3. The molecule has 0 heterocycles. The van der Waals surface area contributed by atoms with E-state index >= 15 is 0 Å². The highest BCUT2D eigenvalue weighted by Crippen LogP contribution is 2.24. The highest BCUT2D eigenvalue weighted by molar-refractivity contribution is 5.82. The minimum Gasteiger partial charge on any atom is -0.497 e. The van der Waals surface area contributed by atoms with Crippen molar-refractivity contribution in [1.29, 1.82) is 0 Å². The summed E-state index contributed by atoms with van der Waals surface area (Å²) in [7, 11) is 3.03. The van der Waals surface area contributed by atoms with Crippen LogP contribution in [0.3, 0.4) is 0 Å². The van der Waals surface area contributed by atoms with E-state index in [1.165, 1.54) is 18.8 Å². The van der Waals surface area contributed by atoms with Crippen molar-refractivity contribution in [1.82, 2.24) is 0 Å². The van der Waals surface area contributed by atoms with Crippen LogP contribution in [0.4, 0.5) is 0 Å². The molecule has 3 heteroatoms. The molecule has 20 heavy (non-hydrogen) atoms. The summed E-state index contributed by atoms with van der Waals surface area (Å²) in [5.74, 6) is 0.489. The van der Waals surface area contributed by atoms with Crippen LogP contribution in [0.2, 0.25) is 0 Å². The monoisotopic (exact) mass is 274 g/mol. The average molecular weight is 274 g/mol. The number of rotatable bonds is 7. The zero-order valence-corrected chi connectivity index (χ0v) is 12.4. The molecule has 0 aliphatic carbocycles. The van der Waals surface area contributed by atoms with Gasteiger partial charge in [-0.2, -0.15) is 0 Å². The van der Waals surface area contributed by atoms with Crippen molar-refractivity contribution in [3.63, 3.8) is 0 Å². The largest absolute Gasteiger partial charge is 0.497 e. The van der Waals surface area contributed by atoms with Crippen LogP contribution >= 0.6 is 0 Å². The second-order valence-corrected chi connectivity index (χ2v) is 4.41. The first-order valence-electron chi connectivity index (χ1n) is 6.80. The molecule has 1 aromatic carbocycles. The van der Waals surface area contributed by atoms with Gasteiger partial charge in [-0.25, -0.2) is 4.79 Å². The van der Waals surface area contributed by atoms with Crippen molar-refractivity contribution in [3.05, 3.63) is 48.1 Å². The van der Waals surface area contributed by atoms with Gasteiger partial charge in [0.25, 0.3) is 0 Å². The first-order valence-corrected chi connectivity index (χ1v) is 6.80. The lowest BCUT2D eigenvalue weighted by Gasteiger charge is -2.08. The fraction of sp³-hybridized carbons (Fsp3) is 0.353. The van der Waals surface area contributed by atoms with Gasteiger partial charge in [0, 0.05) is 6.08 Å². The lowest BCUT2D eigenvalue weighted by atomic mass is 9.99. The second-order valence-electron chi connectivity index (χ2n) is 4.41. The van der Waals surface area contributed by atoms with Crippen molar-refractivity contribution in [2.24, 2.45) is 0 Å². The van der Waals surface area contributed by atoms with Gasteiger partial charge in [-0.05, 0) is 36.1 Å². The van der Waals surface area contributed by atoms with Crippen LogP contribution in [0.15, 0.2) is 42.5 Å². The molecule has 0 aliphatic heterocycles. The highest BCUT2D eigenvalue weighted by atomic mass is 16.5. The smallest absolute Gasteiger partial charge is 0.330 e. The first-order chi connectivity index (χ1) is 9.71. The van der Waals surface area contributed by atoms with E-state index in [4.69, 9.17) is 4.74 Å². The number of hydrogen-bond donors (Lipinski definition) is 0. The molecule has 0 spiro atoms. The van der Waals surface area contributed by atoms with Crippen molar-refractivity contribution < 1.29 is 14.3 Å². The van der Waals surface area contributed by atoms with E-state index in [2.05, 4.69) is 17.7 Å². The molecule has 0 saturated heterocycles. The molecule has 0 unspecified atom stereocenters. The van der Waals surface area contributed by atoms with E-state index in [-0.39, 0.29) is 5.97 Å². The van der Waals surface area contributed by atoms with Gasteiger partial charge < -0.3 is 9.47 Å². The summed E-state index contributed by atoms with van der Waals surface area (Å²) in [4.78, 5) is 11.1. The lowest BCUT2D eigenvalue weighted by molar-refractivity contribution is -0.134. The molecule has 0 atom stereocenters. The number of carbonyl (C=O) groups excluding carboxylic acids is 1. The number of unbranched alkanes of at least 4 members (excludes halogenated alkanes) is 1. The first kappa shape index (κ1) is 16.0. The van der Waals surface area contributed by atoms with Crippen LogP contribution in [0, 0.1) is 0 Å². The third-order valence-corrected chi connectivity index (χ3v) is 2.97. The maximum absolute atomic E-state index is 11.1. The molecule has 0 N–H and O–H groups in total. The molecule has 0 saturated carbocycles. The van der Waals surface area contributed by atoms with Gasteiger partial charge in [-0.1, -0.05) is 37.6 Å². The number of hydrogen-bond acceptors (Lipinski definition) is 3. The Morgan fingerprint density at radius 3 is 2.75 bits per heavy atom. The van der Waals surface area contributed by atoms with Gasteiger partial charge in [0.2, 0.25) is 0 Å². The average Bonchev–Trinajstić information content (AvgIpc) is 2.50. The van der Waals surface area contributed by atoms with Gasteiger partial charge in [0.05, 0.1) is 14.2 Å². The SMILES string of the molecule is CCCC/C(=C\C=C\C(=O)OC)c1cccc(OC)c1. The van der Waals surface area contributed by atoms with E-state index in [1.54, 1.807) is 13.2 Å². The summed E-state index contributed by atoms with van der Waals surface area (Å²) in [5, 5.41) is 0. The van der Waals surface area contributed by atoms with E-state index < -0.39 is 0 Å². The third kappa shape index (κ3) is 5.31. The fourth-order valence-electron chi connectivity index (χ4n) is 1.82. The van der Waals surface area contributed by atoms with Crippen molar-refractivity contribution in [2.45, 2.75) is 26.2 Å². The zero-order chi connectivity index (χ0) is 14.8. The molecule has 0 bridgehead atoms. The van der Waals surface area contributed by atoms with E-state index in [1.807, 2.05) is 24.3 Å². The Morgan fingerprint density at radius 2 is 2.10 bits per heavy atom. The lowest BCUT2D eigenvalue weighted by Crippen LogP contribution is -1.93. The van der Waals surface area contributed by atoms with Crippen molar-refractivity contribution in [2.75, 3.05) is 14.2 Å². The van der Waals surface area contributed by atoms with Gasteiger partial charge in [0.1, 0.15) is 5.75 Å². The maximum Gasteiger partial charge on any atom is 0.330 e. The number of carbonyl (C=O) groups is 1. The Bertz CT molecular complexity index is 487. The van der Waals surface area contributed by atoms with Crippen LogP contribution in [-0.2, 0) is 9.53 Å². The van der Waals surface area contributed by atoms with Crippen molar-refractivity contribution >= 4 is 11.5 Å². The van der Waals surface area contributed by atoms with Gasteiger partial charge >= 0.3 is 5.97 Å². The summed E-state index contributed by atoms with van der Waals surface area (Å²) in [6.45, 7) is 2.16. The molecule has 0 fully saturated rings. The Kier molecular flexibility index (Phi) is 7.18. The normalized spacial score (nSPS) is 11.7. The molecule has 0 amide bonds. The number of benzene rings is 1. The van der Waals surface area contributed by atoms with E-state index in [0.29, 0.717) is 0 Å². The highest BCUT2D eigenvalue weighted by Gasteiger charge is 2.02.